The van der Waals surface area contributed by atoms with Gasteiger partial charge in [0.2, 0.25) is 0 Å². The molecule has 0 unspecified atom stereocenters. The molecule has 0 bridgehead atoms. The fourth-order valence-electron chi connectivity index (χ4n) is 2.29. The van der Waals surface area contributed by atoms with Gasteiger partial charge in [-0.1, -0.05) is 37.3 Å². The van der Waals surface area contributed by atoms with Crippen LogP contribution in [0.4, 0.5) is 10.5 Å². The van der Waals surface area contributed by atoms with Crippen molar-refractivity contribution in [2.75, 3.05) is 25.0 Å². The number of aliphatic hydroxyl groups excluding tert-OH is 1. The predicted octanol–water partition coefficient (Wildman–Crippen LogP) is 2.32. The molecule has 0 saturated heterocycles. The van der Waals surface area contributed by atoms with Crippen molar-refractivity contribution in [3.05, 3.63) is 36.5 Å². The Morgan fingerprint density at radius 2 is 2.05 bits per heavy atom. The summed E-state index contributed by atoms with van der Waals surface area (Å²) in [6.45, 7) is 2.87. The van der Waals surface area contributed by atoms with E-state index in [2.05, 4.69) is 10.4 Å². The third kappa shape index (κ3) is 3.85. The minimum absolute atomic E-state index is 0.0496. The lowest BCUT2D eigenvalue weighted by Gasteiger charge is -2.21. The first-order valence-corrected chi connectivity index (χ1v) is 7.41. The molecule has 6 nitrogen and oxygen atoms in total. The van der Waals surface area contributed by atoms with E-state index < -0.39 is 0 Å². The van der Waals surface area contributed by atoms with Crippen LogP contribution in [0.1, 0.15) is 13.3 Å². The fraction of sp³-hybridized carbons (Fsp3) is 0.375. The maximum atomic E-state index is 12.4. The van der Waals surface area contributed by atoms with Gasteiger partial charge in [-0.25, -0.2) is 4.79 Å². The molecule has 22 heavy (non-hydrogen) atoms. The zero-order valence-electron chi connectivity index (χ0n) is 13.0. The van der Waals surface area contributed by atoms with Crippen LogP contribution in [-0.4, -0.2) is 45.5 Å². The normalized spacial score (nSPS) is 10.5. The van der Waals surface area contributed by atoms with Crippen molar-refractivity contribution in [3.63, 3.8) is 0 Å². The number of nitrogens with zero attached hydrogens (tertiary/aromatic N) is 3. The minimum Gasteiger partial charge on any atom is -0.395 e. The van der Waals surface area contributed by atoms with Crippen LogP contribution >= 0.6 is 0 Å². The number of carbonyl (C=O) groups is 1. The molecule has 1 heterocycles. The first-order valence-electron chi connectivity index (χ1n) is 7.41. The maximum Gasteiger partial charge on any atom is 0.322 e. The number of benzene rings is 1. The molecular weight excluding hydrogens is 280 g/mol. The Morgan fingerprint density at radius 1 is 1.32 bits per heavy atom. The summed E-state index contributed by atoms with van der Waals surface area (Å²) in [6.07, 6.45) is 2.62. The third-order valence-corrected chi connectivity index (χ3v) is 3.27. The Labute approximate surface area is 130 Å². The number of aromatic nitrogens is 2. The summed E-state index contributed by atoms with van der Waals surface area (Å²) >= 11 is 0. The molecule has 2 aromatic rings. The van der Waals surface area contributed by atoms with Crippen molar-refractivity contribution in [2.45, 2.75) is 13.3 Å². The highest BCUT2D eigenvalue weighted by atomic mass is 16.3. The van der Waals surface area contributed by atoms with E-state index in [1.165, 1.54) is 0 Å². The van der Waals surface area contributed by atoms with Gasteiger partial charge in [-0.3, -0.25) is 4.68 Å². The van der Waals surface area contributed by atoms with E-state index in [4.69, 9.17) is 5.11 Å². The van der Waals surface area contributed by atoms with E-state index in [-0.39, 0.29) is 12.6 Å². The predicted molar refractivity (Wildman–Crippen MR) is 86.6 cm³/mol. The van der Waals surface area contributed by atoms with Gasteiger partial charge in [0, 0.05) is 31.9 Å². The Kier molecular flexibility index (Phi) is 5.55. The number of hydrogen-bond acceptors (Lipinski definition) is 3. The van der Waals surface area contributed by atoms with Gasteiger partial charge in [-0.05, 0) is 6.42 Å². The molecule has 0 aliphatic heterocycles. The number of nitrogens with one attached hydrogen (secondary N) is 1. The minimum atomic E-state index is -0.221. The smallest absolute Gasteiger partial charge is 0.322 e. The number of aryl methyl sites for hydroxylation is 1. The number of carbonyl (C=O) groups excluding carboxylic acids is 1. The Balaban J connectivity index is 2.21. The summed E-state index contributed by atoms with van der Waals surface area (Å²) in [5.74, 6) is 0. The zero-order valence-corrected chi connectivity index (χ0v) is 13.0. The maximum absolute atomic E-state index is 12.4. The van der Waals surface area contributed by atoms with Crippen LogP contribution in [0.5, 0.6) is 0 Å². The van der Waals surface area contributed by atoms with Crippen molar-refractivity contribution in [1.29, 1.82) is 0 Å². The van der Waals surface area contributed by atoms with Crippen molar-refractivity contribution >= 4 is 11.7 Å². The van der Waals surface area contributed by atoms with Crippen molar-refractivity contribution in [1.82, 2.24) is 14.7 Å². The van der Waals surface area contributed by atoms with E-state index in [1.54, 1.807) is 15.8 Å². The molecule has 6 heteroatoms. The Bertz CT molecular complexity index is 604. The third-order valence-electron chi connectivity index (χ3n) is 3.27. The first kappa shape index (κ1) is 16.0. The highest BCUT2D eigenvalue weighted by molar-refractivity contribution is 5.93. The summed E-state index contributed by atoms with van der Waals surface area (Å²) in [6, 6.07) is 9.50. The molecule has 1 aromatic carbocycles. The van der Waals surface area contributed by atoms with Crippen LogP contribution in [0.2, 0.25) is 0 Å². The molecule has 118 valence electrons. The van der Waals surface area contributed by atoms with Gasteiger partial charge in [-0.2, -0.15) is 5.10 Å². The zero-order chi connectivity index (χ0) is 15.9. The van der Waals surface area contributed by atoms with Crippen LogP contribution in [0.3, 0.4) is 0 Å². The van der Waals surface area contributed by atoms with E-state index in [9.17, 15) is 4.79 Å². The molecule has 0 radical (unpaired) electrons. The number of hydrogen-bond donors (Lipinski definition) is 2. The molecular formula is C16H22N4O2. The second kappa shape index (κ2) is 7.61. The van der Waals surface area contributed by atoms with Crippen LogP contribution in [0.25, 0.3) is 11.3 Å². The van der Waals surface area contributed by atoms with Crippen molar-refractivity contribution in [3.8, 4) is 11.3 Å². The van der Waals surface area contributed by atoms with E-state index in [0.29, 0.717) is 18.8 Å². The molecule has 0 saturated carbocycles. The second-order valence-electron chi connectivity index (χ2n) is 5.07. The molecule has 0 aliphatic carbocycles. The van der Waals surface area contributed by atoms with Crippen LogP contribution in [0.15, 0.2) is 36.5 Å². The van der Waals surface area contributed by atoms with Crippen LogP contribution < -0.4 is 5.32 Å². The van der Waals surface area contributed by atoms with Gasteiger partial charge in [0.25, 0.3) is 0 Å². The van der Waals surface area contributed by atoms with E-state index in [0.717, 1.165) is 17.7 Å². The highest BCUT2D eigenvalue weighted by Crippen LogP contribution is 2.26. The molecule has 0 spiro atoms. The quantitative estimate of drug-likeness (QED) is 0.860. The molecule has 1 aromatic heterocycles. The lowest BCUT2D eigenvalue weighted by molar-refractivity contribution is 0.188. The topological polar surface area (TPSA) is 70.4 Å². The second-order valence-corrected chi connectivity index (χ2v) is 5.07. The Morgan fingerprint density at radius 3 is 2.68 bits per heavy atom. The number of anilines is 1. The first-order chi connectivity index (χ1) is 10.7. The van der Waals surface area contributed by atoms with Crippen molar-refractivity contribution in [2.24, 2.45) is 7.05 Å². The van der Waals surface area contributed by atoms with Gasteiger partial charge in [0.1, 0.15) is 5.69 Å². The molecule has 2 amide bonds. The standard InChI is InChI=1S/C16H22N4O2/c1-3-9-20(10-11-21)16(22)17-14-12-19(2)18-15(14)13-7-5-4-6-8-13/h4-8,12,21H,3,9-11H2,1-2H3,(H,17,22). The molecule has 0 atom stereocenters. The van der Waals surface area contributed by atoms with Crippen molar-refractivity contribution < 1.29 is 9.90 Å². The van der Waals surface area contributed by atoms with Gasteiger partial charge < -0.3 is 15.3 Å². The van der Waals surface area contributed by atoms with Gasteiger partial charge in [-0.15, -0.1) is 0 Å². The molecule has 2 N–H and O–H groups in total. The van der Waals surface area contributed by atoms with E-state index in [1.807, 2.05) is 44.3 Å². The number of urea groups is 1. The lowest BCUT2D eigenvalue weighted by Crippen LogP contribution is -2.37. The SMILES string of the molecule is CCCN(CCO)C(=O)Nc1cn(C)nc1-c1ccccc1. The van der Waals surface area contributed by atoms with Gasteiger partial charge in [0.15, 0.2) is 0 Å². The summed E-state index contributed by atoms with van der Waals surface area (Å²) in [4.78, 5) is 14.0. The van der Waals surface area contributed by atoms with Crippen LogP contribution in [0, 0.1) is 0 Å². The average molecular weight is 302 g/mol. The summed E-state index contributed by atoms with van der Waals surface area (Å²) in [5.41, 5.74) is 2.34. The monoisotopic (exact) mass is 302 g/mol. The molecule has 2 rings (SSSR count). The largest absolute Gasteiger partial charge is 0.395 e. The fourth-order valence-corrected chi connectivity index (χ4v) is 2.29. The van der Waals surface area contributed by atoms with Gasteiger partial charge in [0.05, 0.1) is 12.3 Å². The number of rotatable bonds is 6. The average Bonchev–Trinajstić information content (AvgIpc) is 2.88. The summed E-state index contributed by atoms with van der Waals surface area (Å²) in [5, 5.41) is 16.4. The van der Waals surface area contributed by atoms with Crippen LogP contribution in [-0.2, 0) is 7.05 Å². The Hall–Kier alpha value is -2.34. The van der Waals surface area contributed by atoms with Gasteiger partial charge >= 0.3 is 6.03 Å². The molecule has 0 aliphatic rings. The highest BCUT2D eigenvalue weighted by Gasteiger charge is 2.16. The number of aliphatic hydroxyl groups is 1. The lowest BCUT2D eigenvalue weighted by atomic mass is 10.1. The molecule has 0 fully saturated rings. The summed E-state index contributed by atoms with van der Waals surface area (Å²) < 4.78 is 1.67. The van der Waals surface area contributed by atoms with E-state index >= 15 is 0 Å². The summed E-state index contributed by atoms with van der Waals surface area (Å²) in [7, 11) is 1.82. The number of amides is 2.